The first-order valence-corrected chi connectivity index (χ1v) is 6.61. The van der Waals surface area contributed by atoms with Gasteiger partial charge in [-0.05, 0) is 38.1 Å². The predicted octanol–water partition coefficient (Wildman–Crippen LogP) is 1.03. The van der Waals surface area contributed by atoms with E-state index in [1.165, 1.54) is 28.9 Å². The minimum absolute atomic E-state index is 0.188. The molecule has 0 aliphatic heterocycles. The molecule has 6 nitrogen and oxygen atoms in total. The van der Waals surface area contributed by atoms with Crippen LogP contribution in [-0.2, 0) is 10.1 Å². The van der Waals surface area contributed by atoms with E-state index in [1.807, 2.05) is 0 Å². The first kappa shape index (κ1) is 12.6. The highest BCUT2D eigenvalue weighted by Gasteiger charge is 2.11. The number of nitrogens with one attached hydrogen (secondary N) is 1. The predicted molar refractivity (Wildman–Crippen MR) is 65.7 cm³/mol. The highest BCUT2D eigenvalue weighted by Crippen LogP contribution is 2.12. The highest BCUT2D eigenvalue weighted by atomic mass is 32.2. The normalized spacial score (nSPS) is 11.7. The Balaban J connectivity index is 2.54. The Kier molecular flexibility index (Phi) is 2.88. The van der Waals surface area contributed by atoms with Gasteiger partial charge < -0.3 is 0 Å². The third-order valence-electron chi connectivity index (χ3n) is 2.76. The zero-order valence-electron chi connectivity index (χ0n) is 9.84. The second-order valence-corrected chi connectivity index (χ2v) is 5.39. The summed E-state index contributed by atoms with van der Waals surface area (Å²) in [7, 11) is -4.21. The van der Waals surface area contributed by atoms with Crippen molar-refractivity contribution in [2.75, 3.05) is 0 Å². The molecule has 18 heavy (non-hydrogen) atoms. The fourth-order valence-corrected chi connectivity index (χ4v) is 2.06. The van der Waals surface area contributed by atoms with Crippen molar-refractivity contribution in [2.24, 2.45) is 0 Å². The standard InChI is InChI=1S/C11H12N2O4S/c1-7-8(2)12-13(11(7)14)9-3-5-10(6-4-9)18(15,16)17/h3-6,12H,1-2H3,(H,15,16,17). The Labute approximate surface area is 104 Å². The van der Waals surface area contributed by atoms with Gasteiger partial charge in [-0.25, -0.2) is 4.68 Å². The number of H-pyrrole nitrogens is 1. The molecular formula is C11H12N2O4S. The molecular weight excluding hydrogens is 256 g/mol. The van der Waals surface area contributed by atoms with E-state index in [1.54, 1.807) is 13.8 Å². The van der Waals surface area contributed by atoms with E-state index >= 15 is 0 Å². The molecule has 1 aromatic heterocycles. The Hall–Kier alpha value is -1.86. The minimum atomic E-state index is -4.21. The lowest BCUT2D eigenvalue weighted by Gasteiger charge is -2.02. The Morgan fingerprint density at radius 1 is 1.17 bits per heavy atom. The quantitative estimate of drug-likeness (QED) is 0.796. The third-order valence-corrected chi connectivity index (χ3v) is 3.63. The van der Waals surface area contributed by atoms with Gasteiger partial charge in [0.05, 0.1) is 10.6 Å². The molecule has 0 spiro atoms. The summed E-state index contributed by atoms with van der Waals surface area (Å²) in [6.45, 7) is 3.48. The molecule has 0 saturated heterocycles. The number of rotatable bonds is 2. The first-order valence-electron chi connectivity index (χ1n) is 5.17. The van der Waals surface area contributed by atoms with Gasteiger partial charge in [0.1, 0.15) is 0 Å². The minimum Gasteiger partial charge on any atom is -0.295 e. The van der Waals surface area contributed by atoms with Gasteiger partial charge in [0, 0.05) is 11.3 Å². The van der Waals surface area contributed by atoms with Crippen LogP contribution in [0.2, 0.25) is 0 Å². The van der Waals surface area contributed by atoms with Crippen molar-refractivity contribution >= 4 is 10.1 Å². The molecule has 0 aliphatic rings. The molecule has 0 unspecified atom stereocenters. The van der Waals surface area contributed by atoms with Crippen molar-refractivity contribution < 1.29 is 13.0 Å². The Morgan fingerprint density at radius 2 is 1.72 bits per heavy atom. The second kappa shape index (κ2) is 4.11. The summed E-state index contributed by atoms with van der Waals surface area (Å²) < 4.78 is 31.9. The average Bonchev–Trinajstić information content (AvgIpc) is 2.56. The molecule has 1 aromatic carbocycles. The molecule has 2 rings (SSSR count). The van der Waals surface area contributed by atoms with E-state index in [0.29, 0.717) is 11.3 Å². The number of hydrogen-bond acceptors (Lipinski definition) is 3. The molecule has 0 aliphatic carbocycles. The summed E-state index contributed by atoms with van der Waals surface area (Å²) in [5, 5.41) is 2.88. The maximum Gasteiger partial charge on any atom is 0.294 e. The third kappa shape index (κ3) is 2.09. The van der Waals surface area contributed by atoms with Crippen molar-refractivity contribution in [3.05, 3.63) is 45.9 Å². The SMILES string of the molecule is Cc1[nH]n(-c2ccc(S(=O)(=O)O)cc2)c(=O)c1C. The molecule has 0 fully saturated rings. The number of benzene rings is 1. The van der Waals surface area contributed by atoms with E-state index in [0.717, 1.165) is 5.69 Å². The fourth-order valence-electron chi connectivity index (χ4n) is 1.58. The van der Waals surface area contributed by atoms with Crippen molar-refractivity contribution in [2.45, 2.75) is 18.7 Å². The Morgan fingerprint density at radius 3 is 2.11 bits per heavy atom. The van der Waals surface area contributed by atoms with E-state index in [9.17, 15) is 13.2 Å². The summed E-state index contributed by atoms with van der Waals surface area (Å²) in [6, 6.07) is 5.37. The van der Waals surface area contributed by atoms with Gasteiger partial charge in [-0.2, -0.15) is 8.42 Å². The van der Waals surface area contributed by atoms with E-state index in [-0.39, 0.29) is 10.5 Å². The molecule has 0 atom stereocenters. The van der Waals surface area contributed by atoms with Crippen LogP contribution < -0.4 is 5.56 Å². The molecule has 2 aromatic rings. The molecule has 96 valence electrons. The van der Waals surface area contributed by atoms with E-state index in [4.69, 9.17) is 4.55 Å². The molecule has 0 bridgehead atoms. The van der Waals surface area contributed by atoms with Crippen molar-refractivity contribution in [1.82, 2.24) is 9.78 Å². The van der Waals surface area contributed by atoms with Crippen LogP contribution in [0.5, 0.6) is 0 Å². The molecule has 7 heteroatoms. The van der Waals surface area contributed by atoms with Crippen LogP contribution in [0.25, 0.3) is 5.69 Å². The molecule has 0 radical (unpaired) electrons. The van der Waals surface area contributed by atoms with Gasteiger partial charge >= 0.3 is 0 Å². The van der Waals surface area contributed by atoms with Crippen LogP contribution in [0.1, 0.15) is 11.3 Å². The topological polar surface area (TPSA) is 92.2 Å². The molecule has 2 N–H and O–H groups in total. The van der Waals surface area contributed by atoms with Crippen LogP contribution in [0.4, 0.5) is 0 Å². The Bertz CT molecular complexity index is 738. The van der Waals surface area contributed by atoms with Gasteiger partial charge in [0.15, 0.2) is 0 Å². The van der Waals surface area contributed by atoms with E-state index < -0.39 is 10.1 Å². The summed E-state index contributed by atoms with van der Waals surface area (Å²) >= 11 is 0. The second-order valence-electron chi connectivity index (χ2n) is 3.97. The zero-order valence-corrected chi connectivity index (χ0v) is 10.7. The van der Waals surface area contributed by atoms with Crippen LogP contribution in [0.15, 0.2) is 34.0 Å². The summed E-state index contributed by atoms with van der Waals surface area (Å²) in [5.74, 6) is 0. The largest absolute Gasteiger partial charge is 0.295 e. The van der Waals surface area contributed by atoms with Gasteiger partial charge in [-0.15, -0.1) is 0 Å². The lowest BCUT2D eigenvalue weighted by Crippen LogP contribution is -2.15. The monoisotopic (exact) mass is 268 g/mol. The van der Waals surface area contributed by atoms with Crippen LogP contribution >= 0.6 is 0 Å². The molecule has 0 saturated carbocycles. The first-order chi connectivity index (χ1) is 8.30. The van der Waals surface area contributed by atoms with Crippen molar-refractivity contribution in [3.63, 3.8) is 0 Å². The zero-order chi connectivity index (χ0) is 13.5. The molecule has 1 heterocycles. The van der Waals surface area contributed by atoms with Crippen LogP contribution in [-0.4, -0.2) is 22.8 Å². The lowest BCUT2D eigenvalue weighted by atomic mass is 10.3. The van der Waals surface area contributed by atoms with Gasteiger partial charge in [-0.3, -0.25) is 14.4 Å². The van der Waals surface area contributed by atoms with Gasteiger partial charge in [-0.1, -0.05) is 0 Å². The van der Waals surface area contributed by atoms with Crippen molar-refractivity contribution in [3.8, 4) is 5.69 Å². The highest BCUT2D eigenvalue weighted by molar-refractivity contribution is 7.85. The maximum atomic E-state index is 11.8. The van der Waals surface area contributed by atoms with Gasteiger partial charge in [0.2, 0.25) is 0 Å². The smallest absolute Gasteiger partial charge is 0.294 e. The summed E-state index contributed by atoms with van der Waals surface area (Å²) in [6.07, 6.45) is 0. The molecule has 0 amide bonds. The number of aromatic nitrogens is 2. The number of nitrogens with zero attached hydrogens (tertiary/aromatic N) is 1. The number of aromatic amines is 1. The van der Waals surface area contributed by atoms with Gasteiger partial charge in [0.25, 0.3) is 15.7 Å². The summed E-state index contributed by atoms with van der Waals surface area (Å²) in [4.78, 5) is 11.6. The lowest BCUT2D eigenvalue weighted by molar-refractivity contribution is 0.483. The number of aryl methyl sites for hydroxylation is 1. The van der Waals surface area contributed by atoms with Crippen molar-refractivity contribution in [1.29, 1.82) is 0 Å². The average molecular weight is 268 g/mol. The van der Waals surface area contributed by atoms with Crippen LogP contribution in [0, 0.1) is 13.8 Å². The number of hydrogen-bond donors (Lipinski definition) is 2. The van der Waals surface area contributed by atoms with Crippen LogP contribution in [0.3, 0.4) is 0 Å². The fraction of sp³-hybridized carbons (Fsp3) is 0.182. The summed E-state index contributed by atoms with van der Waals surface area (Å²) in [5.41, 5.74) is 1.67. The maximum absolute atomic E-state index is 11.8. The van der Waals surface area contributed by atoms with E-state index in [2.05, 4.69) is 5.10 Å².